The molecule has 0 fully saturated rings. The topological polar surface area (TPSA) is 0 Å². The van der Waals surface area contributed by atoms with Crippen LogP contribution in [0.5, 0.6) is 0 Å². The lowest BCUT2D eigenvalue weighted by atomic mass is 10.1. The van der Waals surface area contributed by atoms with Gasteiger partial charge in [0.15, 0.2) is 0 Å². The Bertz CT molecular complexity index is 653. The summed E-state index contributed by atoms with van der Waals surface area (Å²) in [5.74, 6) is 0.760. The van der Waals surface area contributed by atoms with Crippen molar-refractivity contribution >= 4 is 23.2 Å². The second kappa shape index (κ2) is 8.45. The Labute approximate surface area is 153 Å². The molecule has 0 aromatic heterocycles. The van der Waals surface area contributed by atoms with Gasteiger partial charge in [0, 0.05) is 0 Å². The number of rotatable bonds is 7. The molecule has 0 nitrogen and oxygen atoms in total. The summed E-state index contributed by atoms with van der Waals surface area (Å²) in [5.41, 5.74) is 0. The fraction of sp³-hybridized carbons (Fsp3) is 0.250. The Kier molecular flexibility index (Phi) is 6.05. The molecule has 0 heterocycles. The molecule has 0 N–H and O–H groups in total. The summed E-state index contributed by atoms with van der Waals surface area (Å²) in [7, 11) is -1.62. The zero-order valence-electron chi connectivity index (χ0n) is 15.3. The molecule has 0 amide bonds. The second-order valence-electron chi connectivity index (χ2n) is 6.84. The molecule has 3 aromatic carbocycles. The molecule has 3 rings (SSSR count). The van der Waals surface area contributed by atoms with Crippen LogP contribution in [-0.4, -0.2) is 6.16 Å². The van der Waals surface area contributed by atoms with Gasteiger partial charge in [-0.2, -0.15) is 0 Å². The molecule has 0 spiro atoms. The number of benzene rings is 3. The van der Waals surface area contributed by atoms with Gasteiger partial charge in [-0.3, -0.25) is 0 Å². The average Bonchev–Trinajstić information content (AvgIpc) is 2.71. The molecule has 0 saturated carbocycles. The summed E-state index contributed by atoms with van der Waals surface area (Å²) in [4.78, 5) is 0. The van der Waals surface area contributed by atoms with Gasteiger partial charge in [-0.1, -0.05) is 74.9 Å². The van der Waals surface area contributed by atoms with Crippen LogP contribution in [0.1, 0.15) is 26.7 Å². The third-order valence-electron chi connectivity index (χ3n) is 5.25. The van der Waals surface area contributed by atoms with Crippen LogP contribution in [0.25, 0.3) is 0 Å². The minimum absolute atomic E-state index is 0.760. The Morgan fingerprint density at radius 3 is 1.32 bits per heavy atom. The first-order valence-corrected chi connectivity index (χ1v) is 11.3. The monoisotopic (exact) mass is 347 g/mol. The van der Waals surface area contributed by atoms with E-state index in [0.717, 1.165) is 5.92 Å². The minimum Gasteiger partial charge on any atom is -0.0651 e. The quantitative estimate of drug-likeness (QED) is 0.501. The summed E-state index contributed by atoms with van der Waals surface area (Å²) in [6.45, 7) is 4.69. The molecule has 0 aliphatic carbocycles. The van der Waals surface area contributed by atoms with Gasteiger partial charge < -0.3 is 0 Å². The lowest BCUT2D eigenvalue weighted by Gasteiger charge is -2.28. The largest absolute Gasteiger partial charge is 0.112 e. The van der Waals surface area contributed by atoms with Gasteiger partial charge in [-0.15, -0.1) is 0 Å². The molecule has 25 heavy (non-hydrogen) atoms. The van der Waals surface area contributed by atoms with Crippen LogP contribution >= 0.6 is 7.26 Å². The molecule has 128 valence electrons. The number of hydrogen-bond donors (Lipinski definition) is 0. The molecule has 1 atom stereocenters. The van der Waals surface area contributed by atoms with E-state index in [-0.39, 0.29) is 0 Å². The first kappa shape index (κ1) is 17.9. The normalized spacial score (nSPS) is 12.7. The van der Waals surface area contributed by atoms with Crippen molar-refractivity contribution in [3.05, 3.63) is 91.0 Å². The van der Waals surface area contributed by atoms with Crippen molar-refractivity contribution in [1.82, 2.24) is 0 Å². The van der Waals surface area contributed by atoms with Gasteiger partial charge in [0.25, 0.3) is 0 Å². The Morgan fingerprint density at radius 1 is 0.640 bits per heavy atom. The summed E-state index contributed by atoms with van der Waals surface area (Å²) >= 11 is 0. The van der Waals surface area contributed by atoms with Crippen LogP contribution in [0.2, 0.25) is 0 Å². The molecule has 3 aromatic rings. The highest BCUT2D eigenvalue weighted by Crippen LogP contribution is 2.56. The highest BCUT2D eigenvalue weighted by atomic mass is 31.2. The van der Waals surface area contributed by atoms with E-state index in [4.69, 9.17) is 0 Å². The summed E-state index contributed by atoms with van der Waals surface area (Å²) in [6.07, 6.45) is 3.75. The predicted molar refractivity (Wildman–Crippen MR) is 114 cm³/mol. The van der Waals surface area contributed by atoms with Crippen molar-refractivity contribution in [1.29, 1.82) is 0 Å². The molecule has 0 bridgehead atoms. The molecular weight excluding hydrogens is 319 g/mol. The van der Waals surface area contributed by atoms with E-state index in [1.165, 1.54) is 34.9 Å². The van der Waals surface area contributed by atoms with Crippen LogP contribution in [0.4, 0.5) is 0 Å². The zero-order valence-corrected chi connectivity index (χ0v) is 16.2. The van der Waals surface area contributed by atoms with Gasteiger partial charge in [0.05, 0.1) is 6.16 Å². The summed E-state index contributed by atoms with van der Waals surface area (Å²) in [6, 6.07) is 33.6. The van der Waals surface area contributed by atoms with E-state index in [1.54, 1.807) is 0 Å². The lowest BCUT2D eigenvalue weighted by molar-refractivity contribution is 0.547. The Balaban J connectivity index is 2.20. The molecule has 0 saturated heterocycles. The standard InChI is InChI=1S/C24H28P/c1-3-21(2)19-20-25(22-13-7-4-8-14-22,23-15-9-5-10-16-23)24-17-11-6-12-18-24/h4-18,21H,3,19-20H2,1-2H3/q+1/t21-/m0/s1. The molecule has 0 radical (unpaired) electrons. The highest BCUT2D eigenvalue weighted by Gasteiger charge is 2.44. The van der Waals surface area contributed by atoms with Crippen LogP contribution in [0.3, 0.4) is 0 Å². The maximum atomic E-state index is 2.38. The van der Waals surface area contributed by atoms with Crippen molar-refractivity contribution in [3.63, 3.8) is 0 Å². The highest BCUT2D eigenvalue weighted by molar-refractivity contribution is 7.95. The van der Waals surface area contributed by atoms with E-state index < -0.39 is 7.26 Å². The smallest absolute Gasteiger partial charge is 0.0651 e. The molecule has 0 aliphatic heterocycles. The van der Waals surface area contributed by atoms with E-state index >= 15 is 0 Å². The van der Waals surface area contributed by atoms with E-state index in [1.807, 2.05) is 0 Å². The first-order valence-electron chi connectivity index (χ1n) is 9.32. The lowest BCUT2D eigenvalue weighted by Crippen LogP contribution is -2.33. The van der Waals surface area contributed by atoms with Gasteiger partial charge in [-0.25, -0.2) is 0 Å². The maximum Gasteiger partial charge on any atom is 0.112 e. The summed E-state index contributed by atoms with van der Waals surface area (Å²) < 4.78 is 0. The predicted octanol–water partition coefficient (Wildman–Crippen LogP) is 5.42. The number of hydrogen-bond acceptors (Lipinski definition) is 0. The van der Waals surface area contributed by atoms with Crippen LogP contribution < -0.4 is 15.9 Å². The van der Waals surface area contributed by atoms with Crippen LogP contribution in [-0.2, 0) is 0 Å². The van der Waals surface area contributed by atoms with E-state index in [0.29, 0.717) is 0 Å². The van der Waals surface area contributed by atoms with Crippen molar-refractivity contribution in [3.8, 4) is 0 Å². The van der Waals surface area contributed by atoms with Gasteiger partial charge >= 0.3 is 0 Å². The minimum atomic E-state index is -1.62. The zero-order chi connectivity index (χ0) is 17.5. The Morgan fingerprint density at radius 2 is 1.00 bits per heavy atom. The molecule has 0 unspecified atom stereocenters. The Hall–Kier alpha value is -1.91. The SMILES string of the molecule is CC[C@H](C)CC[P+](c1ccccc1)(c1ccccc1)c1ccccc1. The van der Waals surface area contributed by atoms with Gasteiger partial charge in [0.2, 0.25) is 0 Å². The van der Waals surface area contributed by atoms with Crippen molar-refractivity contribution in [2.45, 2.75) is 26.7 Å². The third kappa shape index (κ3) is 3.86. The van der Waals surface area contributed by atoms with Gasteiger partial charge in [0.1, 0.15) is 23.2 Å². The van der Waals surface area contributed by atoms with Crippen LogP contribution in [0, 0.1) is 5.92 Å². The van der Waals surface area contributed by atoms with Gasteiger partial charge in [-0.05, 0) is 48.7 Å². The fourth-order valence-corrected chi connectivity index (χ4v) is 8.04. The van der Waals surface area contributed by atoms with Crippen molar-refractivity contribution < 1.29 is 0 Å². The van der Waals surface area contributed by atoms with E-state index in [2.05, 4.69) is 105 Å². The average molecular weight is 347 g/mol. The summed E-state index contributed by atoms with van der Waals surface area (Å²) in [5, 5.41) is 4.49. The fourth-order valence-electron chi connectivity index (χ4n) is 3.50. The molecular formula is C24H28P+. The van der Waals surface area contributed by atoms with Crippen LogP contribution in [0.15, 0.2) is 91.0 Å². The third-order valence-corrected chi connectivity index (χ3v) is 9.71. The second-order valence-corrected chi connectivity index (χ2v) is 10.5. The van der Waals surface area contributed by atoms with Crippen molar-refractivity contribution in [2.75, 3.05) is 6.16 Å². The van der Waals surface area contributed by atoms with E-state index in [9.17, 15) is 0 Å². The molecule has 0 aliphatic rings. The molecule has 1 heteroatoms. The maximum absolute atomic E-state index is 2.38. The first-order chi connectivity index (χ1) is 12.3. The van der Waals surface area contributed by atoms with Crippen molar-refractivity contribution in [2.24, 2.45) is 5.92 Å².